The molecule has 98 valence electrons. The van der Waals surface area contributed by atoms with E-state index in [4.69, 9.17) is 0 Å². The van der Waals surface area contributed by atoms with Gasteiger partial charge >= 0.3 is 0 Å². The van der Waals surface area contributed by atoms with E-state index >= 15 is 0 Å². The summed E-state index contributed by atoms with van der Waals surface area (Å²) in [5, 5.41) is 0. The molecule has 3 heteroatoms. The number of piperidine rings is 1. The van der Waals surface area contributed by atoms with Crippen LogP contribution in [0.15, 0.2) is 6.07 Å². The third-order valence-electron chi connectivity index (χ3n) is 4.50. The van der Waals surface area contributed by atoms with Gasteiger partial charge in [-0.15, -0.1) is 0 Å². The Bertz CT molecular complexity index is 444. The minimum Gasteiger partial charge on any atom is -0.350 e. The van der Waals surface area contributed by atoms with Crippen LogP contribution >= 0.6 is 0 Å². The van der Waals surface area contributed by atoms with E-state index in [9.17, 15) is 0 Å². The molecule has 3 rings (SSSR count). The van der Waals surface area contributed by atoms with Gasteiger partial charge in [0.2, 0.25) is 0 Å². The van der Waals surface area contributed by atoms with Crippen molar-refractivity contribution in [1.82, 2.24) is 9.88 Å². The Labute approximate surface area is 110 Å². The van der Waals surface area contributed by atoms with Crippen LogP contribution in [-0.4, -0.2) is 35.2 Å². The van der Waals surface area contributed by atoms with Gasteiger partial charge in [0.05, 0.1) is 17.5 Å². The minimum atomic E-state index is 0.527. The third-order valence-corrected chi connectivity index (χ3v) is 4.50. The van der Waals surface area contributed by atoms with E-state index in [1.54, 1.807) is 0 Å². The average molecular weight is 245 g/mol. The van der Waals surface area contributed by atoms with E-state index in [1.165, 1.54) is 42.9 Å². The molecule has 0 aliphatic carbocycles. The van der Waals surface area contributed by atoms with E-state index < -0.39 is 0 Å². The number of rotatable bonds is 1. The van der Waals surface area contributed by atoms with E-state index in [0.717, 1.165) is 5.69 Å². The molecular formula is C15H23N3. The molecule has 18 heavy (non-hydrogen) atoms. The number of nitrogens with zero attached hydrogens (tertiary/aromatic N) is 3. The molecule has 1 aromatic rings. The first kappa shape index (κ1) is 12.0. The first-order chi connectivity index (χ1) is 8.58. The lowest BCUT2D eigenvalue weighted by Crippen LogP contribution is -2.37. The van der Waals surface area contributed by atoms with E-state index in [2.05, 4.69) is 48.5 Å². The predicted octanol–water partition coefficient (Wildman–Crippen LogP) is 2.64. The average Bonchev–Trinajstić information content (AvgIpc) is 2.52. The molecule has 0 amide bonds. The smallest absolute Gasteiger partial charge is 0.0797 e. The number of anilines is 1. The van der Waals surface area contributed by atoms with Gasteiger partial charge in [0.25, 0.3) is 0 Å². The third kappa shape index (κ3) is 1.72. The molecule has 2 fully saturated rings. The summed E-state index contributed by atoms with van der Waals surface area (Å²) in [5.41, 5.74) is 5.07. The van der Waals surface area contributed by atoms with Crippen LogP contribution < -0.4 is 4.90 Å². The minimum absolute atomic E-state index is 0.527. The van der Waals surface area contributed by atoms with Crippen LogP contribution in [0.1, 0.15) is 36.7 Å². The SMILES string of the molecule is Cc1cc(C)c(N2C3CCCN(C3)C2C)c(C)n1. The quantitative estimate of drug-likeness (QED) is 0.758. The first-order valence-corrected chi connectivity index (χ1v) is 7.05. The van der Waals surface area contributed by atoms with Gasteiger partial charge in [0.1, 0.15) is 0 Å². The number of aromatic nitrogens is 1. The van der Waals surface area contributed by atoms with Gasteiger partial charge in [0, 0.05) is 24.8 Å². The topological polar surface area (TPSA) is 19.4 Å². The number of fused-ring (bicyclic) bond motifs is 2. The molecule has 3 heterocycles. The fourth-order valence-corrected chi connectivity index (χ4v) is 3.81. The maximum atomic E-state index is 4.67. The highest BCUT2D eigenvalue weighted by Gasteiger charge is 2.40. The summed E-state index contributed by atoms with van der Waals surface area (Å²) in [6, 6.07) is 2.91. The highest BCUT2D eigenvalue weighted by atomic mass is 15.4. The van der Waals surface area contributed by atoms with Crippen molar-refractivity contribution in [2.45, 2.75) is 52.7 Å². The molecule has 0 aromatic carbocycles. The summed E-state index contributed by atoms with van der Waals surface area (Å²) in [4.78, 5) is 9.89. The fraction of sp³-hybridized carbons (Fsp3) is 0.667. The van der Waals surface area contributed by atoms with Gasteiger partial charge in [-0.1, -0.05) is 0 Å². The molecule has 1 aromatic heterocycles. The normalized spacial score (nSPS) is 30.9. The van der Waals surface area contributed by atoms with Gasteiger partial charge in [-0.2, -0.15) is 0 Å². The molecule has 0 N–H and O–H groups in total. The summed E-state index contributed by atoms with van der Waals surface area (Å²) in [7, 11) is 0. The molecule has 2 bridgehead atoms. The maximum absolute atomic E-state index is 4.67. The van der Waals surface area contributed by atoms with Crippen molar-refractivity contribution in [3.05, 3.63) is 23.0 Å². The van der Waals surface area contributed by atoms with Gasteiger partial charge in [-0.05, 0) is 52.2 Å². The van der Waals surface area contributed by atoms with Crippen molar-refractivity contribution >= 4 is 5.69 Å². The van der Waals surface area contributed by atoms with E-state index in [0.29, 0.717) is 12.2 Å². The van der Waals surface area contributed by atoms with Crippen LogP contribution in [-0.2, 0) is 0 Å². The van der Waals surface area contributed by atoms with Crippen molar-refractivity contribution < 1.29 is 0 Å². The van der Waals surface area contributed by atoms with Crippen molar-refractivity contribution in [2.24, 2.45) is 0 Å². The Balaban J connectivity index is 2.05. The number of hydrogen-bond acceptors (Lipinski definition) is 3. The second-order valence-corrected chi connectivity index (χ2v) is 5.84. The van der Waals surface area contributed by atoms with Gasteiger partial charge < -0.3 is 4.90 Å². The molecule has 0 spiro atoms. The van der Waals surface area contributed by atoms with Crippen molar-refractivity contribution in [2.75, 3.05) is 18.0 Å². The predicted molar refractivity (Wildman–Crippen MR) is 75.0 cm³/mol. The molecular weight excluding hydrogens is 222 g/mol. The van der Waals surface area contributed by atoms with E-state index in [-0.39, 0.29) is 0 Å². The zero-order valence-corrected chi connectivity index (χ0v) is 11.9. The van der Waals surface area contributed by atoms with Crippen molar-refractivity contribution in [1.29, 1.82) is 0 Å². The fourth-order valence-electron chi connectivity index (χ4n) is 3.81. The summed E-state index contributed by atoms with van der Waals surface area (Å²) < 4.78 is 0. The molecule has 3 nitrogen and oxygen atoms in total. The maximum Gasteiger partial charge on any atom is 0.0797 e. The molecule has 3 unspecified atom stereocenters. The lowest BCUT2D eigenvalue weighted by molar-refractivity contribution is 0.244. The zero-order valence-electron chi connectivity index (χ0n) is 11.9. The Morgan fingerprint density at radius 3 is 2.72 bits per heavy atom. The Morgan fingerprint density at radius 2 is 2.06 bits per heavy atom. The van der Waals surface area contributed by atoms with Crippen LogP contribution in [0.4, 0.5) is 5.69 Å². The lowest BCUT2D eigenvalue weighted by atomic mass is 10.1. The number of aryl methyl sites for hydroxylation is 3. The standard InChI is InChI=1S/C15H23N3/c1-10-8-11(2)16-12(3)15(10)18-13(4)17-7-5-6-14(18)9-17/h8,13-14H,5-7,9H2,1-4H3. The molecule has 2 aliphatic rings. The monoisotopic (exact) mass is 245 g/mol. The summed E-state index contributed by atoms with van der Waals surface area (Å²) in [6.07, 6.45) is 3.19. The first-order valence-electron chi connectivity index (χ1n) is 7.05. The van der Waals surface area contributed by atoms with Crippen LogP contribution in [0, 0.1) is 20.8 Å². The molecule has 3 atom stereocenters. The largest absolute Gasteiger partial charge is 0.350 e. The van der Waals surface area contributed by atoms with Gasteiger partial charge in [0.15, 0.2) is 0 Å². The summed E-state index contributed by atoms with van der Waals surface area (Å²) in [5.74, 6) is 0. The number of pyridine rings is 1. The Morgan fingerprint density at radius 1 is 1.28 bits per heavy atom. The second kappa shape index (κ2) is 4.23. The molecule has 0 radical (unpaired) electrons. The zero-order chi connectivity index (χ0) is 12.9. The Hall–Kier alpha value is -1.09. The van der Waals surface area contributed by atoms with Crippen molar-refractivity contribution in [3.8, 4) is 0 Å². The molecule has 2 saturated heterocycles. The lowest BCUT2D eigenvalue weighted by Gasteiger charge is -2.31. The molecule has 2 aliphatic heterocycles. The van der Waals surface area contributed by atoms with Gasteiger partial charge in [-0.25, -0.2) is 0 Å². The van der Waals surface area contributed by atoms with Crippen LogP contribution in [0.5, 0.6) is 0 Å². The van der Waals surface area contributed by atoms with Crippen LogP contribution in [0.2, 0.25) is 0 Å². The summed E-state index contributed by atoms with van der Waals surface area (Å²) in [6.45, 7) is 11.3. The highest BCUT2D eigenvalue weighted by Crippen LogP contribution is 2.36. The number of hydrogen-bond donors (Lipinski definition) is 0. The highest BCUT2D eigenvalue weighted by molar-refractivity contribution is 5.59. The molecule has 0 saturated carbocycles. The Kier molecular flexibility index (Phi) is 2.81. The van der Waals surface area contributed by atoms with Crippen LogP contribution in [0.3, 0.4) is 0 Å². The van der Waals surface area contributed by atoms with Crippen molar-refractivity contribution in [3.63, 3.8) is 0 Å². The van der Waals surface area contributed by atoms with Gasteiger partial charge in [-0.3, -0.25) is 9.88 Å². The van der Waals surface area contributed by atoms with Crippen LogP contribution in [0.25, 0.3) is 0 Å². The summed E-state index contributed by atoms with van der Waals surface area (Å²) >= 11 is 0. The van der Waals surface area contributed by atoms with E-state index in [1.807, 2.05) is 0 Å². The second-order valence-electron chi connectivity index (χ2n) is 5.84.